The van der Waals surface area contributed by atoms with Crippen molar-refractivity contribution in [2.45, 2.75) is 72.3 Å². The van der Waals surface area contributed by atoms with Crippen LogP contribution in [-0.4, -0.2) is 37.1 Å². The first-order valence-electron chi connectivity index (χ1n) is 8.92. The summed E-state index contributed by atoms with van der Waals surface area (Å²) in [4.78, 5) is 2.74. The van der Waals surface area contributed by atoms with Crippen molar-refractivity contribution in [3.8, 4) is 0 Å². The van der Waals surface area contributed by atoms with E-state index in [0.717, 1.165) is 24.4 Å². The second-order valence-electron chi connectivity index (χ2n) is 8.53. The zero-order valence-electron chi connectivity index (χ0n) is 14.3. The van der Waals surface area contributed by atoms with Crippen molar-refractivity contribution in [1.82, 2.24) is 10.2 Å². The Labute approximate surface area is 126 Å². The monoisotopic (exact) mass is 280 g/mol. The molecule has 1 aliphatic heterocycles. The number of nitrogens with one attached hydrogen (secondary N) is 1. The van der Waals surface area contributed by atoms with Crippen LogP contribution in [0.15, 0.2) is 0 Å². The first-order valence-corrected chi connectivity index (χ1v) is 8.92. The number of nitrogens with zero attached hydrogens (tertiary/aromatic N) is 1. The molecule has 2 rings (SSSR count). The first-order chi connectivity index (χ1) is 9.46. The fourth-order valence-corrected chi connectivity index (χ4v) is 3.46. The Bertz CT molecular complexity index is 278. The van der Waals surface area contributed by atoms with E-state index in [1.54, 1.807) is 0 Å². The van der Waals surface area contributed by atoms with E-state index in [4.69, 9.17) is 0 Å². The third-order valence-electron chi connectivity index (χ3n) is 4.73. The lowest BCUT2D eigenvalue weighted by molar-refractivity contribution is 0.126. The van der Waals surface area contributed by atoms with Gasteiger partial charge in [0, 0.05) is 25.7 Å². The van der Waals surface area contributed by atoms with E-state index in [2.05, 4.69) is 37.9 Å². The highest BCUT2D eigenvalue weighted by molar-refractivity contribution is 4.87. The van der Waals surface area contributed by atoms with E-state index in [-0.39, 0.29) is 0 Å². The van der Waals surface area contributed by atoms with Crippen LogP contribution >= 0.6 is 0 Å². The van der Waals surface area contributed by atoms with Crippen molar-refractivity contribution in [3.05, 3.63) is 0 Å². The molecule has 2 atom stereocenters. The highest BCUT2D eigenvalue weighted by Crippen LogP contribution is 2.37. The molecule has 0 aromatic rings. The van der Waals surface area contributed by atoms with Crippen molar-refractivity contribution in [2.75, 3.05) is 26.2 Å². The molecule has 0 aromatic heterocycles. The number of rotatable bonds is 7. The lowest BCUT2D eigenvalue weighted by Crippen LogP contribution is -2.51. The molecule has 118 valence electrons. The molecule has 1 aliphatic carbocycles. The molecule has 0 spiro atoms. The molecule has 1 heterocycles. The Morgan fingerprint density at radius 1 is 1.10 bits per heavy atom. The Hall–Kier alpha value is -0.0800. The fraction of sp³-hybridized carbons (Fsp3) is 1.00. The van der Waals surface area contributed by atoms with Crippen LogP contribution in [0.4, 0.5) is 0 Å². The normalized spacial score (nSPS) is 28.8. The molecule has 1 saturated heterocycles. The van der Waals surface area contributed by atoms with Crippen molar-refractivity contribution in [2.24, 2.45) is 17.3 Å². The Morgan fingerprint density at radius 3 is 2.45 bits per heavy atom. The van der Waals surface area contributed by atoms with Crippen molar-refractivity contribution >= 4 is 0 Å². The molecule has 2 fully saturated rings. The Morgan fingerprint density at radius 2 is 1.85 bits per heavy atom. The summed E-state index contributed by atoms with van der Waals surface area (Å²) in [6.45, 7) is 14.4. The second-order valence-corrected chi connectivity index (χ2v) is 8.53. The van der Waals surface area contributed by atoms with Gasteiger partial charge >= 0.3 is 0 Å². The summed E-state index contributed by atoms with van der Waals surface area (Å²) in [6, 6.07) is 0.726. The molecule has 0 aromatic carbocycles. The highest BCUT2D eigenvalue weighted by Gasteiger charge is 2.32. The fourth-order valence-electron chi connectivity index (χ4n) is 3.46. The SMILES string of the molecule is CCCCN1CC(CC2CC2)CC(NCC(C)(C)C)C1. The average Bonchev–Trinajstić information content (AvgIpc) is 3.17. The summed E-state index contributed by atoms with van der Waals surface area (Å²) in [6.07, 6.45) is 8.61. The summed E-state index contributed by atoms with van der Waals surface area (Å²) in [5.41, 5.74) is 0.400. The van der Waals surface area contributed by atoms with E-state index < -0.39 is 0 Å². The molecule has 0 bridgehead atoms. The third-order valence-corrected chi connectivity index (χ3v) is 4.73. The quantitative estimate of drug-likeness (QED) is 0.760. The summed E-state index contributed by atoms with van der Waals surface area (Å²) in [5, 5.41) is 3.85. The molecule has 2 nitrogen and oxygen atoms in total. The highest BCUT2D eigenvalue weighted by atomic mass is 15.2. The van der Waals surface area contributed by atoms with E-state index >= 15 is 0 Å². The van der Waals surface area contributed by atoms with Gasteiger partial charge in [-0.3, -0.25) is 0 Å². The van der Waals surface area contributed by atoms with Crippen LogP contribution in [0.2, 0.25) is 0 Å². The maximum Gasteiger partial charge on any atom is 0.0198 e. The Balaban J connectivity index is 1.81. The molecule has 20 heavy (non-hydrogen) atoms. The van der Waals surface area contributed by atoms with E-state index in [0.29, 0.717) is 5.41 Å². The molecular formula is C18H36N2. The van der Waals surface area contributed by atoms with Crippen molar-refractivity contribution in [3.63, 3.8) is 0 Å². The minimum absolute atomic E-state index is 0.400. The number of hydrogen-bond acceptors (Lipinski definition) is 2. The molecule has 0 amide bonds. The predicted molar refractivity (Wildman–Crippen MR) is 88.0 cm³/mol. The largest absolute Gasteiger partial charge is 0.312 e. The van der Waals surface area contributed by atoms with Crippen LogP contribution < -0.4 is 5.32 Å². The van der Waals surface area contributed by atoms with Gasteiger partial charge in [0.05, 0.1) is 0 Å². The topological polar surface area (TPSA) is 15.3 Å². The molecular weight excluding hydrogens is 244 g/mol. The van der Waals surface area contributed by atoms with Gasteiger partial charge in [-0.05, 0) is 43.1 Å². The van der Waals surface area contributed by atoms with Gasteiger partial charge in [-0.1, -0.05) is 47.0 Å². The zero-order valence-corrected chi connectivity index (χ0v) is 14.3. The van der Waals surface area contributed by atoms with Gasteiger partial charge in [0.15, 0.2) is 0 Å². The van der Waals surface area contributed by atoms with Gasteiger partial charge in [0.1, 0.15) is 0 Å². The molecule has 0 radical (unpaired) electrons. The minimum atomic E-state index is 0.400. The summed E-state index contributed by atoms with van der Waals surface area (Å²) >= 11 is 0. The predicted octanol–water partition coefficient (Wildman–Crippen LogP) is 3.91. The second kappa shape index (κ2) is 7.26. The lowest BCUT2D eigenvalue weighted by atomic mass is 9.88. The average molecular weight is 280 g/mol. The van der Waals surface area contributed by atoms with Crippen LogP contribution in [0.25, 0.3) is 0 Å². The minimum Gasteiger partial charge on any atom is -0.312 e. The van der Waals surface area contributed by atoms with Crippen LogP contribution in [0.5, 0.6) is 0 Å². The van der Waals surface area contributed by atoms with E-state index in [9.17, 15) is 0 Å². The van der Waals surface area contributed by atoms with Crippen molar-refractivity contribution in [1.29, 1.82) is 0 Å². The van der Waals surface area contributed by atoms with Crippen LogP contribution in [0, 0.1) is 17.3 Å². The third kappa shape index (κ3) is 6.13. The molecule has 2 unspecified atom stereocenters. The van der Waals surface area contributed by atoms with Crippen LogP contribution in [-0.2, 0) is 0 Å². The molecule has 1 N–H and O–H groups in total. The standard InChI is InChI=1S/C18H36N2/c1-5-6-9-20-12-16(10-15-7-8-15)11-17(13-20)19-14-18(2,3)4/h15-17,19H,5-14H2,1-4H3. The van der Waals surface area contributed by atoms with Gasteiger partial charge in [-0.2, -0.15) is 0 Å². The molecule has 2 aliphatic rings. The first kappa shape index (κ1) is 16.3. The van der Waals surface area contributed by atoms with Gasteiger partial charge in [0.25, 0.3) is 0 Å². The smallest absolute Gasteiger partial charge is 0.0198 e. The van der Waals surface area contributed by atoms with E-state index in [1.165, 1.54) is 58.2 Å². The number of piperidine rings is 1. The van der Waals surface area contributed by atoms with Crippen molar-refractivity contribution < 1.29 is 0 Å². The lowest BCUT2D eigenvalue weighted by Gasteiger charge is -2.39. The van der Waals surface area contributed by atoms with Gasteiger partial charge in [0.2, 0.25) is 0 Å². The summed E-state index contributed by atoms with van der Waals surface area (Å²) in [5.74, 6) is 2.03. The van der Waals surface area contributed by atoms with Gasteiger partial charge in [-0.15, -0.1) is 0 Å². The number of hydrogen-bond donors (Lipinski definition) is 1. The number of unbranched alkanes of at least 4 members (excludes halogenated alkanes) is 1. The summed E-state index contributed by atoms with van der Waals surface area (Å²) < 4.78 is 0. The number of likely N-dealkylation sites (tertiary alicyclic amines) is 1. The zero-order chi connectivity index (χ0) is 14.6. The van der Waals surface area contributed by atoms with Crippen LogP contribution in [0.3, 0.4) is 0 Å². The van der Waals surface area contributed by atoms with E-state index in [1.807, 2.05) is 0 Å². The maximum absolute atomic E-state index is 3.85. The molecule has 2 heteroatoms. The molecule has 1 saturated carbocycles. The Kier molecular flexibility index (Phi) is 5.92. The van der Waals surface area contributed by atoms with Gasteiger partial charge < -0.3 is 10.2 Å². The summed E-state index contributed by atoms with van der Waals surface area (Å²) in [7, 11) is 0. The van der Waals surface area contributed by atoms with Gasteiger partial charge in [-0.25, -0.2) is 0 Å². The van der Waals surface area contributed by atoms with Crippen LogP contribution in [0.1, 0.15) is 66.2 Å². The maximum atomic E-state index is 3.85.